The Bertz CT molecular complexity index is 382. The molecule has 1 fully saturated rings. The molecule has 0 aliphatic heterocycles. The Balaban J connectivity index is 2.11. The van der Waals surface area contributed by atoms with Gasteiger partial charge in [0, 0.05) is 25.0 Å². The summed E-state index contributed by atoms with van der Waals surface area (Å²) in [6, 6.07) is -0.926. The molecule has 0 spiro atoms. The summed E-state index contributed by atoms with van der Waals surface area (Å²) < 4.78 is 0. The molecule has 4 N–H and O–H groups in total. The summed E-state index contributed by atoms with van der Waals surface area (Å²) >= 11 is 0. The van der Waals surface area contributed by atoms with Gasteiger partial charge in [0.25, 0.3) is 0 Å². The highest BCUT2D eigenvalue weighted by molar-refractivity contribution is 5.86. The van der Waals surface area contributed by atoms with Gasteiger partial charge < -0.3 is 21.3 Å². The van der Waals surface area contributed by atoms with Crippen molar-refractivity contribution >= 4 is 17.8 Å². The highest BCUT2D eigenvalue weighted by atomic mass is 16.2. The predicted octanol–water partition coefficient (Wildman–Crippen LogP) is 0.115. The van der Waals surface area contributed by atoms with Gasteiger partial charge in [0.15, 0.2) is 0 Å². The highest BCUT2D eigenvalue weighted by Crippen LogP contribution is 2.28. The second-order valence-corrected chi connectivity index (χ2v) is 5.51. The van der Waals surface area contributed by atoms with Crippen LogP contribution in [0.3, 0.4) is 0 Å². The average molecular weight is 298 g/mol. The van der Waals surface area contributed by atoms with Crippen LogP contribution in [0.2, 0.25) is 0 Å². The molecular formula is C14H26N4O3. The third-order valence-corrected chi connectivity index (χ3v) is 3.40. The van der Waals surface area contributed by atoms with E-state index in [2.05, 4.69) is 21.3 Å². The van der Waals surface area contributed by atoms with Gasteiger partial charge in [0.1, 0.15) is 6.04 Å². The van der Waals surface area contributed by atoms with Gasteiger partial charge in [0.2, 0.25) is 11.8 Å². The monoisotopic (exact) mass is 298 g/mol. The largest absolute Gasteiger partial charge is 0.354 e. The Morgan fingerprint density at radius 3 is 2.24 bits per heavy atom. The summed E-state index contributed by atoms with van der Waals surface area (Å²) in [6.45, 7) is 6.26. The second-order valence-electron chi connectivity index (χ2n) is 5.51. The van der Waals surface area contributed by atoms with Gasteiger partial charge in [-0.2, -0.15) is 0 Å². The molecule has 0 radical (unpaired) electrons. The topological polar surface area (TPSA) is 99.3 Å². The number of rotatable bonds is 8. The van der Waals surface area contributed by atoms with Gasteiger partial charge >= 0.3 is 6.03 Å². The molecule has 0 heterocycles. The van der Waals surface area contributed by atoms with Crippen molar-refractivity contribution in [3.63, 3.8) is 0 Å². The molecule has 1 aliphatic rings. The molecule has 21 heavy (non-hydrogen) atoms. The van der Waals surface area contributed by atoms with Crippen molar-refractivity contribution in [3.8, 4) is 0 Å². The quantitative estimate of drug-likeness (QED) is 0.479. The highest BCUT2D eigenvalue weighted by Gasteiger charge is 2.29. The molecule has 0 unspecified atom stereocenters. The Morgan fingerprint density at radius 1 is 1.05 bits per heavy atom. The summed E-state index contributed by atoms with van der Waals surface area (Å²) in [6.07, 6.45) is 2.76. The lowest BCUT2D eigenvalue weighted by atomic mass is 10.2. The van der Waals surface area contributed by atoms with Crippen LogP contribution in [0.5, 0.6) is 0 Å². The van der Waals surface area contributed by atoms with E-state index in [0.29, 0.717) is 13.1 Å². The van der Waals surface area contributed by atoms with Crippen LogP contribution in [-0.2, 0) is 9.59 Å². The maximum atomic E-state index is 11.7. The van der Waals surface area contributed by atoms with E-state index in [0.717, 1.165) is 19.3 Å². The Morgan fingerprint density at radius 2 is 1.67 bits per heavy atom. The predicted molar refractivity (Wildman–Crippen MR) is 79.6 cm³/mol. The molecule has 1 aliphatic carbocycles. The van der Waals surface area contributed by atoms with Crippen LogP contribution in [-0.4, -0.2) is 43.0 Å². The van der Waals surface area contributed by atoms with Gasteiger partial charge in [-0.15, -0.1) is 0 Å². The van der Waals surface area contributed by atoms with Crippen molar-refractivity contribution in [1.29, 1.82) is 0 Å². The van der Waals surface area contributed by atoms with E-state index < -0.39 is 12.1 Å². The Kier molecular flexibility index (Phi) is 6.98. The van der Waals surface area contributed by atoms with Crippen LogP contribution in [0.15, 0.2) is 0 Å². The zero-order chi connectivity index (χ0) is 15.8. The van der Waals surface area contributed by atoms with E-state index in [1.54, 1.807) is 6.92 Å². The number of carbonyl (C=O) groups is 3. The summed E-state index contributed by atoms with van der Waals surface area (Å²) in [5.41, 5.74) is 0. The van der Waals surface area contributed by atoms with Crippen LogP contribution < -0.4 is 21.3 Å². The van der Waals surface area contributed by atoms with Gasteiger partial charge in [-0.25, -0.2) is 4.79 Å². The van der Waals surface area contributed by atoms with E-state index in [1.807, 2.05) is 13.8 Å². The number of nitrogens with one attached hydrogen (secondary N) is 4. The summed E-state index contributed by atoms with van der Waals surface area (Å²) in [4.78, 5) is 34.7. The van der Waals surface area contributed by atoms with Crippen molar-refractivity contribution in [2.24, 2.45) is 5.92 Å². The maximum absolute atomic E-state index is 11.7. The molecule has 0 bridgehead atoms. The van der Waals surface area contributed by atoms with E-state index >= 15 is 0 Å². The first kappa shape index (κ1) is 17.3. The molecule has 1 saturated carbocycles. The number of hydrogen-bond acceptors (Lipinski definition) is 3. The summed E-state index contributed by atoms with van der Waals surface area (Å²) in [7, 11) is 0. The fourth-order valence-electron chi connectivity index (χ4n) is 1.63. The van der Waals surface area contributed by atoms with Crippen LogP contribution in [0.1, 0.15) is 40.0 Å². The zero-order valence-corrected chi connectivity index (χ0v) is 13.0. The molecule has 0 aromatic carbocycles. The molecule has 0 aromatic heterocycles. The fraction of sp³-hybridized carbons (Fsp3) is 0.786. The van der Waals surface area contributed by atoms with Crippen LogP contribution >= 0.6 is 0 Å². The molecule has 4 amide bonds. The van der Waals surface area contributed by atoms with E-state index in [4.69, 9.17) is 0 Å². The van der Waals surface area contributed by atoms with Gasteiger partial charge in [-0.1, -0.05) is 6.92 Å². The third-order valence-electron chi connectivity index (χ3n) is 3.40. The first-order valence-electron chi connectivity index (χ1n) is 7.56. The van der Waals surface area contributed by atoms with Gasteiger partial charge in [-0.3, -0.25) is 9.59 Å². The fourth-order valence-corrected chi connectivity index (χ4v) is 1.63. The first-order chi connectivity index (χ1) is 9.93. The molecule has 0 saturated heterocycles. The van der Waals surface area contributed by atoms with Crippen molar-refractivity contribution < 1.29 is 14.4 Å². The standard InChI is InChI=1S/C14H26N4O3/c1-4-9(2)17-12(19)10(3)18-14(21)16-8-7-15-13(20)11-5-6-11/h9-11H,4-8H2,1-3H3,(H,15,20)(H,17,19)(H2,16,18,21)/t9-,10-/m0/s1. The minimum absolute atomic E-state index is 0.0542. The minimum Gasteiger partial charge on any atom is -0.354 e. The van der Waals surface area contributed by atoms with Crippen molar-refractivity contribution in [3.05, 3.63) is 0 Å². The van der Waals surface area contributed by atoms with E-state index in [-0.39, 0.29) is 23.8 Å². The summed E-state index contributed by atoms with van der Waals surface area (Å²) in [5.74, 6) is 0.0168. The lowest BCUT2D eigenvalue weighted by Crippen LogP contribution is -2.50. The Hall–Kier alpha value is -1.79. The van der Waals surface area contributed by atoms with Crippen molar-refractivity contribution in [2.75, 3.05) is 13.1 Å². The van der Waals surface area contributed by atoms with Crippen molar-refractivity contribution in [2.45, 2.75) is 52.1 Å². The van der Waals surface area contributed by atoms with E-state index in [9.17, 15) is 14.4 Å². The molecule has 7 heteroatoms. The maximum Gasteiger partial charge on any atom is 0.315 e. The first-order valence-corrected chi connectivity index (χ1v) is 7.56. The SMILES string of the molecule is CC[C@H](C)NC(=O)[C@H](C)NC(=O)NCCNC(=O)C1CC1. The molecule has 7 nitrogen and oxygen atoms in total. The Labute approximate surface area is 125 Å². The smallest absolute Gasteiger partial charge is 0.315 e. The normalized spacial score (nSPS) is 16.5. The lowest BCUT2D eigenvalue weighted by molar-refractivity contribution is -0.123. The number of amides is 4. The molecule has 1 rings (SSSR count). The van der Waals surface area contributed by atoms with E-state index in [1.165, 1.54) is 0 Å². The zero-order valence-electron chi connectivity index (χ0n) is 13.0. The van der Waals surface area contributed by atoms with Gasteiger partial charge in [-0.05, 0) is 33.1 Å². The number of urea groups is 1. The second kappa shape index (κ2) is 8.49. The third kappa shape index (κ3) is 6.97. The molecule has 2 atom stereocenters. The number of hydrogen-bond donors (Lipinski definition) is 4. The molecule has 0 aromatic rings. The van der Waals surface area contributed by atoms with Crippen LogP contribution in [0, 0.1) is 5.92 Å². The average Bonchev–Trinajstić information content (AvgIpc) is 3.27. The molecular weight excluding hydrogens is 272 g/mol. The lowest BCUT2D eigenvalue weighted by Gasteiger charge is -2.17. The van der Waals surface area contributed by atoms with Crippen LogP contribution in [0.4, 0.5) is 4.79 Å². The summed E-state index contributed by atoms with van der Waals surface area (Å²) in [5, 5.41) is 10.7. The minimum atomic E-state index is -0.597. The van der Waals surface area contributed by atoms with Gasteiger partial charge in [0.05, 0.1) is 0 Å². The van der Waals surface area contributed by atoms with Crippen LogP contribution in [0.25, 0.3) is 0 Å². The molecule has 120 valence electrons. The van der Waals surface area contributed by atoms with Crippen molar-refractivity contribution in [1.82, 2.24) is 21.3 Å². The number of carbonyl (C=O) groups excluding carboxylic acids is 3.